The Morgan fingerprint density at radius 3 is 2.65 bits per heavy atom. The summed E-state index contributed by atoms with van der Waals surface area (Å²) in [5.41, 5.74) is 0.621. The topological polar surface area (TPSA) is 77.3 Å². The van der Waals surface area contributed by atoms with Crippen LogP contribution in [0.1, 0.15) is 6.92 Å². The second-order valence-electron chi connectivity index (χ2n) is 3.87. The molecule has 1 N–H and O–H groups in total. The van der Waals surface area contributed by atoms with Gasteiger partial charge in [0.25, 0.3) is 5.69 Å². The second kappa shape index (κ2) is 6.21. The molecular weight excluding hydrogens is 282 g/mol. The first-order chi connectivity index (χ1) is 9.58. The van der Waals surface area contributed by atoms with Gasteiger partial charge in [-0.1, -0.05) is 11.6 Å². The molecule has 0 spiro atoms. The Bertz CT molecular complexity index is 617. The van der Waals surface area contributed by atoms with Gasteiger partial charge >= 0.3 is 0 Å². The van der Waals surface area contributed by atoms with Crippen molar-refractivity contribution in [2.45, 2.75) is 6.92 Å². The molecule has 0 atom stereocenters. The number of rotatable bonds is 5. The van der Waals surface area contributed by atoms with E-state index in [9.17, 15) is 10.1 Å². The van der Waals surface area contributed by atoms with Crippen LogP contribution in [0.4, 0.5) is 17.2 Å². The summed E-state index contributed by atoms with van der Waals surface area (Å²) in [4.78, 5) is 14.2. The van der Waals surface area contributed by atoms with Crippen molar-refractivity contribution in [3.63, 3.8) is 0 Å². The standard InChI is InChI=1S/C13H12ClN3O3/c1-2-20-11-5-3-9(4-6-11)15-13-8-10(17(18)19)7-12(14)16-13/h3-8H,2H2,1H3,(H,15,16). The van der Waals surface area contributed by atoms with Gasteiger partial charge in [0.05, 0.1) is 23.7 Å². The Hall–Kier alpha value is -2.34. The molecule has 1 aromatic carbocycles. The average molecular weight is 294 g/mol. The second-order valence-corrected chi connectivity index (χ2v) is 4.26. The molecular formula is C13H12ClN3O3. The highest BCUT2D eigenvalue weighted by Gasteiger charge is 2.10. The van der Waals surface area contributed by atoms with Crippen molar-refractivity contribution < 1.29 is 9.66 Å². The molecule has 0 bridgehead atoms. The van der Waals surface area contributed by atoms with Crippen molar-refractivity contribution in [2.75, 3.05) is 11.9 Å². The Kier molecular flexibility index (Phi) is 4.37. The number of hydrogen-bond donors (Lipinski definition) is 1. The largest absolute Gasteiger partial charge is 0.494 e. The zero-order chi connectivity index (χ0) is 14.5. The van der Waals surface area contributed by atoms with E-state index >= 15 is 0 Å². The first-order valence-electron chi connectivity index (χ1n) is 5.90. The minimum absolute atomic E-state index is 0.0626. The Morgan fingerprint density at radius 1 is 1.35 bits per heavy atom. The van der Waals surface area contributed by atoms with E-state index < -0.39 is 4.92 Å². The summed E-state index contributed by atoms with van der Waals surface area (Å²) in [6, 6.07) is 9.70. The van der Waals surface area contributed by atoms with Gasteiger partial charge in [0.1, 0.15) is 16.7 Å². The smallest absolute Gasteiger partial charge is 0.276 e. The summed E-state index contributed by atoms with van der Waals surface area (Å²) in [7, 11) is 0. The van der Waals surface area contributed by atoms with Crippen LogP contribution in [0.5, 0.6) is 5.75 Å². The van der Waals surface area contributed by atoms with Crippen LogP contribution in [0.2, 0.25) is 5.15 Å². The van der Waals surface area contributed by atoms with Crippen molar-refractivity contribution in [2.24, 2.45) is 0 Å². The predicted octanol–water partition coefficient (Wildman–Crippen LogP) is 3.79. The van der Waals surface area contributed by atoms with E-state index in [0.717, 1.165) is 11.4 Å². The number of nitrogens with one attached hydrogen (secondary N) is 1. The lowest BCUT2D eigenvalue weighted by Gasteiger charge is -2.07. The number of benzene rings is 1. The monoisotopic (exact) mass is 293 g/mol. The molecule has 20 heavy (non-hydrogen) atoms. The van der Waals surface area contributed by atoms with Gasteiger partial charge < -0.3 is 10.1 Å². The molecule has 0 aliphatic rings. The van der Waals surface area contributed by atoms with Crippen LogP contribution >= 0.6 is 11.6 Å². The van der Waals surface area contributed by atoms with Crippen LogP contribution in [-0.4, -0.2) is 16.5 Å². The van der Waals surface area contributed by atoms with Gasteiger partial charge in [-0.2, -0.15) is 0 Å². The van der Waals surface area contributed by atoms with Crippen molar-refractivity contribution in [1.29, 1.82) is 0 Å². The van der Waals surface area contributed by atoms with E-state index in [4.69, 9.17) is 16.3 Å². The quantitative estimate of drug-likeness (QED) is 0.515. The number of nitro groups is 1. The number of nitrogens with zero attached hydrogens (tertiary/aromatic N) is 2. The van der Waals surface area contributed by atoms with E-state index in [1.807, 2.05) is 6.92 Å². The lowest BCUT2D eigenvalue weighted by atomic mass is 10.3. The Labute approximate surface area is 120 Å². The molecule has 0 unspecified atom stereocenters. The maximum absolute atomic E-state index is 10.7. The zero-order valence-corrected chi connectivity index (χ0v) is 11.4. The fraction of sp³-hybridized carbons (Fsp3) is 0.154. The maximum atomic E-state index is 10.7. The zero-order valence-electron chi connectivity index (χ0n) is 10.7. The molecule has 2 aromatic rings. The summed E-state index contributed by atoms with van der Waals surface area (Å²) in [5.74, 6) is 1.07. The SMILES string of the molecule is CCOc1ccc(Nc2cc([N+](=O)[O-])cc(Cl)n2)cc1. The highest BCUT2D eigenvalue weighted by molar-refractivity contribution is 6.29. The molecule has 0 saturated heterocycles. The molecule has 0 radical (unpaired) electrons. The van der Waals surface area contributed by atoms with Crippen LogP contribution in [0.15, 0.2) is 36.4 Å². The lowest BCUT2D eigenvalue weighted by Crippen LogP contribution is -1.97. The molecule has 104 valence electrons. The molecule has 0 aliphatic heterocycles. The van der Waals surface area contributed by atoms with Gasteiger partial charge in [0, 0.05) is 5.69 Å². The Balaban J connectivity index is 2.19. The van der Waals surface area contributed by atoms with E-state index in [2.05, 4.69) is 10.3 Å². The fourth-order valence-electron chi connectivity index (χ4n) is 1.60. The molecule has 1 aromatic heterocycles. The third-order valence-corrected chi connectivity index (χ3v) is 2.62. The highest BCUT2D eigenvalue weighted by atomic mass is 35.5. The molecule has 0 aliphatic carbocycles. The fourth-order valence-corrected chi connectivity index (χ4v) is 1.80. The van der Waals surface area contributed by atoms with Gasteiger partial charge in [0.2, 0.25) is 0 Å². The number of anilines is 2. The maximum Gasteiger partial charge on any atom is 0.276 e. The Morgan fingerprint density at radius 2 is 2.05 bits per heavy atom. The van der Waals surface area contributed by atoms with E-state index in [0.29, 0.717) is 12.4 Å². The number of halogens is 1. The van der Waals surface area contributed by atoms with Gasteiger partial charge in [0.15, 0.2) is 0 Å². The lowest BCUT2D eigenvalue weighted by molar-refractivity contribution is -0.384. The van der Waals surface area contributed by atoms with Crippen LogP contribution in [0.25, 0.3) is 0 Å². The molecule has 6 nitrogen and oxygen atoms in total. The average Bonchev–Trinajstić information content (AvgIpc) is 2.40. The van der Waals surface area contributed by atoms with Crippen molar-refractivity contribution in [3.8, 4) is 5.75 Å². The van der Waals surface area contributed by atoms with Crippen LogP contribution in [-0.2, 0) is 0 Å². The molecule has 0 saturated carbocycles. The third-order valence-electron chi connectivity index (χ3n) is 2.43. The van der Waals surface area contributed by atoms with E-state index in [-0.39, 0.29) is 10.8 Å². The molecule has 7 heteroatoms. The minimum atomic E-state index is -0.517. The summed E-state index contributed by atoms with van der Waals surface area (Å²) >= 11 is 5.75. The van der Waals surface area contributed by atoms with Crippen LogP contribution in [0.3, 0.4) is 0 Å². The first kappa shape index (κ1) is 14.1. The van der Waals surface area contributed by atoms with Crippen LogP contribution < -0.4 is 10.1 Å². The summed E-state index contributed by atoms with van der Waals surface area (Å²) in [6.45, 7) is 2.50. The van der Waals surface area contributed by atoms with E-state index in [1.165, 1.54) is 12.1 Å². The summed E-state index contributed by atoms with van der Waals surface area (Å²) < 4.78 is 5.33. The minimum Gasteiger partial charge on any atom is -0.494 e. The third kappa shape index (κ3) is 3.58. The summed E-state index contributed by atoms with van der Waals surface area (Å²) in [5, 5.41) is 13.8. The normalized spacial score (nSPS) is 10.1. The van der Waals surface area contributed by atoms with Crippen molar-refractivity contribution >= 4 is 28.8 Å². The molecule has 1 heterocycles. The number of pyridine rings is 1. The number of aromatic nitrogens is 1. The summed E-state index contributed by atoms with van der Waals surface area (Å²) in [6.07, 6.45) is 0. The molecule has 0 fully saturated rings. The van der Waals surface area contributed by atoms with Gasteiger partial charge in [-0.05, 0) is 31.2 Å². The van der Waals surface area contributed by atoms with Crippen LogP contribution in [0, 0.1) is 10.1 Å². The highest BCUT2D eigenvalue weighted by Crippen LogP contribution is 2.24. The van der Waals surface area contributed by atoms with Crippen molar-refractivity contribution in [1.82, 2.24) is 4.98 Å². The van der Waals surface area contributed by atoms with Gasteiger partial charge in [-0.3, -0.25) is 10.1 Å². The molecule has 0 amide bonds. The first-order valence-corrected chi connectivity index (χ1v) is 6.28. The number of ether oxygens (including phenoxy) is 1. The predicted molar refractivity (Wildman–Crippen MR) is 76.8 cm³/mol. The number of hydrogen-bond acceptors (Lipinski definition) is 5. The van der Waals surface area contributed by atoms with Gasteiger partial charge in [-0.25, -0.2) is 4.98 Å². The van der Waals surface area contributed by atoms with Gasteiger partial charge in [-0.15, -0.1) is 0 Å². The van der Waals surface area contributed by atoms with Crippen molar-refractivity contribution in [3.05, 3.63) is 51.7 Å². The molecule has 2 rings (SSSR count). The van der Waals surface area contributed by atoms with E-state index in [1.54, 1.807) is 24.3 Å².